The van der Waals surface area contributed by atoms with Crippen LogP contribution >= 0.6 is 0 Å². The molecule has 0 radical (unpaired) electrons. The first-order chi connectivity index (χ1) is 16.3. The van der Waals surface area contributed by atoms with Gasteiger partial charge >= 0.3 is 0 Å². The molecule has 1 aromatic heterocycles. The number of aromatic nitrogens is 2. The quantitative estimate of drug-likeness (QED) is 0.233. The lowest BCUT2D eigenvalue weighted by molar-refractivity contribution is 0.104. The largest absolute Gasteiger partial charge is 0.398 e. The van der Waals surface area contributed by atoms with E-state index in [4.69, 9.17) is 10.8 Å². The van der Waals surface area contributed by atoms with E-state index in [-0.39, 0.29) is 23.3 Å². The van der Waals surface area contributed by atoms with E-state index in [0.717, 1.165) is 21.6 Å². The molecule has 2 aromatic carbocycles. The maximum Gasteiger partial charge on any atom is 0.208 e. The molecule has 0 saturated carbocycles. The lowest BCUT2D eigenvalue weighted by Gasteiger charge is -2.09. The van der Waals surface area contributed by atoms with E-state index in [1.807, 2.05) is 62.4 Å². The Morgan fingerprint density at radius 3 is 2.44 bits per heavy atom. The molecule has 34 heavy (non-hydrogen) atoms. The van der Waals surface area contributed by atoms with Gasteiger partial charge in [-0.05, 0) is 30.2 Å². The highest BCUT2D eigenvalue weighted by molar-refractivity contribution is 7.85. The molecule has 4 N–H and O–H groups in total. The predicted octanol–water partition coefficient (Wildman–Crippen LogP) is 3.23. The number of nitrogens with zero attached hydrogens (tertiary/aromatic N) is 2. The average molecular weight is 479 g/mol. The minimum atomic E-state index is -1.07. The lowest BCUT2D eigenvalue weighted by Crippen LogP contribution is -2.17. The highest BCUT2D eigenvalue weighted by Gasteiger charge is 2.14. The first-order valence-electron chi connectivity index (χ1n) is 11.1. The normalized spacial score (nSPS) is 12.7. The second kappa shape index (κ2) is 11.8. The molecule has 3 rings (SSSR count). The van der Waals surface area contributed by atoms with Crippen LogP contribution in [0.3, 0.4) is 0 Å². The third-order valence-corrected chi connectivity index (χ3v) is 6.78. The number of rotatable bonds is 10. The summed E-state index contributed by atoms with van der Waals surface area (Å²) in [6, 6.07) is 14.9. The molecule has 178 valence electrons. The van der Waals surface area contributed by atoms with Gasteiger partial charge in [0.2, 0.25) is 5.78 Å². The van der Waals surface area contributed by atoms with Gasteiger partial charge in [-0.1, -0.05) is 50.2 Å². The van der Waals surface area contributed by atoms with Crippen molar-refractivity contribution in [3.8, 4) is 11.3 Å². The van der Waals surface area contributed by atoms with Gasteiger partial charge in [0.15, 0.2) is 0 Å². The Bertz CT molecular complexity index is 1190. The van der Waals surface area contributed by atoms with E-state index < -0.39 is 10.8 Å². The highest BCUT2D eigenvalue weighted by atomic mass is 32.2. The summed E-state index contributed by atoms with van der Waals surface area (Å²) in [6.07, 6.45) is 2.99. The van der Waals surface area contributed by atoms with Crippen LogP contribution < -0.4 is 11.1 Å². The molecule has 1 heterocycles. The first kappa shape index (κ1) is 25.4. The van der Waals surface area contributed by atoms with Crippen LogP contribution in [0.5, 0.6) is 0 Å². The van der Waals surface area contributed by atoms with Gasteiger partial charge in [0.1, 0.15) is 5.69 Å². The summed E-state index contributed by atoms with van der Waals surface area (Å²) in [5.41, 5.74) is 10.4. The molecule has 0 saturated heterocycles. The summed E-state index contributed by atoms with van der Waals surface area (Å²) < 4.78 is 12.3. The van der Waals surface area contributed by atoms with Crippen molar-refractivity contribution in [2.45, 2.75) is 37.5 Å². The second-order valence-electron chi connectivity index (χ2n) is 8.12. The van der Waals surface area contributed by atoms with Gasteiger partial charge in [0.25, 0.3) is 0 Å². The minimum Gasteiger partial charge on any atom is -0.398 e. The van der Waals surface area contributed by atoms with Crippen molar-refractivity contribution in [1.29, 1.82) is 0 Å². The van der Waals surface area contributed by atoms with E-state index in [0.29, 0.717) is 30.2 Å². The van der Waals surface area contributed by atoms with Crippen LogP contribution in [-0.2, 0) is 17.3 Å². The Labute approximate surface area is 202 Å². The number of nitrogens with two attached hydrogens (primary N) is 1. The lowest BCUT2D eigenvalue weighted by atomic mass is 10.1. The van der Waals surface area contributed by atoms with E-state index in [1.54, 1.807) is 13.1 Å². The molecule has 3 aromatic rings. The Balaban J connectivity index is 1.79. The molecule has 0 amide bonds. The molecule has 0 bridgehead atoms. The zero-order valence-corrected chi connectivity index (χ0v) is 20.4. The molecule has 8 heteroatoms. The monoisotopic (exact) mass is 478 g/mol. The summed E-state index contributed by atoms with van der Waals surface area (Å²) in [5, 5.41) is 12.0. The number of hydrogen-bond donors (Lipinski definition) is 3. The molecular weight excluding hydrogens is 448 g/mol. The fraction of sp³-hybridized carbons (Fsp3) is 0.269. The number of aliphatic hydroxyl groups is 1. The van der Waals surface area contributed by atoms with E-state index in [1.165, 1.54) is 6.08 Å². The van der Waals surface area contributed by atoms with Gasteiger partial charge in [-0.3, -0.25) is 14.0 Å². The summed E-state index contributed by atoms with van der Waals surface area (Å²) in [6.45, 7) is 6.81. The van der Waals surface area contributed by atoms with Crippen LogP contribution in [0.1, 0.15) is 41.2 Å². The molecule has 1 atom stereocenters. The van der Waals surface area contributed by atoms with Crippen molar-refractivity contribution in [3.05, 3.63) is 83.3 Å². The number of ketones is 1. The molecule has 0 aliphatic heterocycles. The molecule has 1 unspecified atom stereocenters. The number of aryl methyl sites for hydroxylation is 1. The maximum atomic E-state index is 13.0. The summed E-state index contributed by atoms with van der Waals surface area (Å²) >= 11 is 0. The standard InChI is InChI=1S/C26H30N4O3S/c1-17(2)34(33)22-10-8-21(9-11-22)24-16-29-18(3)26(30-24)25(32)14-23(27)20-6-4-19(5-7-20)15-28-12-13-31/h4-11,14,16-17,28,31H,12-13,15,27H2,1-3H3. The number of carbonyl (C=O) groups is 1. The number of carbonyl (C=O) groups excluding carboxylic acids is 1. The highest BCUT2D eigenvalue weighted by Crippen LogP contribution is 2.21. The average Bonchev–Trinajstić information content (AvgIpc) is 2.84. The van der Waals surface area contributed by atoms with Crippen LogP contribution in [0, 0.1) is 6.92 Å². The van der Waals surface area contributed by atoms with Crippen LogP contribution in [0.2, 0.25) is 0 Å². The Morgan fingerprint density at radius 1 is 1.15 bits per heavy atom. The Kier molecular flexibility index (Phi) is 8.81. The maximum absolute atomic E-state index is 13.0. The first-order valence-corrected chi connectivity index (χ1v) is 12.3. The van der Waals surface area contributed by atoms with Gasteiger partial charge in [-0.25, -0.2) is 4.98 Å². The number of hydrogen-bond acceptors (Lipinski definition) is 7. The molecule has 0 spiro atoms. The molecule has 0 aliphatic carbocycles. The van der Waals surface area contributed by atoms with Crippen LogP contribution in [0.4, 0.5) is 0 Å². The van der Waals surface area contributed by atoms with Crippen molar-refractivity contribution in [2.75, 3.05) is 13.2 Å². The predicted molar refractivity (Wildman–Crippen MR) is 135 cm³/mol. The SMILES string of the molecule is Cc1ncc(-c2ccc(S(=O)C(C)C)cc2)nc1C(=O)C=C(N)c1ccc(CNCCO)cc1. The van der Waals surface area contributed by atoms with E-state index in [9.17, 15) is 9.00 Å². The van der Waals surface area contributed by atoms with Gasteiger partial charge in [-0.15, -0.1) is 0 Å². The topological polar surface area (TPSA) is 118 Å². The third-order valence-electron chi connectivity index (χ3n) is 5.19. The van der Waals surface area contributed by atoms with Crippen molar-refractivity contribution >= 4 is 22.3 Å². The fourth-order valence-electron chi connectivity index (χ4n) is 3.27. The van der Waals surface area contributed by atoms with Gasteiger partial charge in [0, 0.05) is 40.6 Å². The van der Waals surface area contributed by atoms with Crippen molar-refractivity contribution < 1.29 is 14.1 Å². The van der Waals surface area contributed by atoms with E-state index >= 15 is 0 Å². The van der Waals surface area contributed by atoms with Gasteiger partial charge in [-0.2, -0.15) is 0 Å². The van der Waals surface area contributed by atoms with Crippen molar-refractivity contribution in [3.63, 3.8) is 0 Å². The van der Waals surface area contributed by atoms with Crippen LogP contribution in [0.25, 0.3) is 17.0 Å². The van der Waals surface area contributed by atoms with Crippen molar-refractivity contribution in [1.82, 2.24) is 15.3 Å². The number of allylic oxidation sites excluding steroid dienone is 1. The summed E-state index contributed by atoms with van der Waals surface area (Å²) in [5.74, 6) is -0.324. The molecular formula is C26H30N4O3S. The third kappa shape index (κ3) is 6.44. The van der Waals surface area contributed by atoms with Crippen molar-refractivity contribution in [2.24, 2.45) is 5.73 Å². The molecule has 7 nitrogen and oxygen atoms in total. The molecule has 0 fully saturated rings. The Morgan fingerprint density at radius 2 is 1.82 bits per heavy atom. The van der Waals surface area contributed by atoms with Gasteiger partial charge < -0.3 is 16.2 Å². The van der Waals surface area contributed by atoms with Gasteiger partial charge in [0.05, 0.1) is 35.0 Å². The van der Waals surface area contributed by atoms with Crippen LogP contribution in [0.15, 0.2) is 65.7 Å². The second-order valence-corrected chi connectivity index (χ2v) is 10.1. The number of aliphatic hydroxyl groups excluding tert-OH is 1. The Hall–Kier alpha value is -3.20. The summed E-state index contributed by atoms with van der Waals surface area (Å²) in [4.78, 5) is 22.6. The smallest absolute Gasteiger partial charge is 0.208 e. The fourth-order valence-corrected chi connectivity index (χ4v) is 4.22. The zero-order valence-electron chi connectivity index (χ0n) is 19.6. The van der Waals surface area contributed by atoms with E-state index in [2.05, 4.69) is 15.3 Å². The number of nitrogens with one attached hydrogen (secondary N) is 1. The molecule has 0 aliphatic rings. The zero-order chi connectivity index (χ0) is 24.7. The van der Waals surface area contributed by atoms with Crippen LogP contribution in [-0.4, -0.2) is 43.5 Å². The summed E-state index contributed by atoms with van der Waals surface area (Å²) in [7, 11) is -1.07. The minimum absolute atomic E-state index is 0.0330. The number of benzene rings is 2.